The van der Waals surface area contributed by atoms with Crippen molar-refractivity contribution in [1.29, 1.82) is 0 Å². The first kappa shape index (κ1) is 16.5. The Morgan fingerprint density at radius 2 is 1.84 bits per heavy atom. The third-order valence-electron chi connectivity index (χ3n) is 4.93. The fourth-order valence-electron chi connectivity index (χ4n) is 4.11. The predicted molar refractivity (Wildman–Crippen MR) is 100 cm³/mol. The number of rotatable bonds is 3. The summed E-state index contributed by atoms with van der Waals surface area (Å²) in [6, 6.07) is 10.5. The van der Waals surface area contributed by atoms with Gasteiger partial charge in [0, 0.05) is 13.1 Å². The zero-order valence-electron chi connectivity index (χ0n) is 14.9. The highest BCUT2D eigenvalue weighted by molar-refractivity contribution is 7.17. The largest absolute Gasteiger partial charge is 0.492 e. The van der Waals surface area contributed by atoms with Gasteiger partial charge in [-0.05, 0) is 30.7 Å². The maximum Gasteiger partial charge on any atom is 0.230 e. The molecule has 1 saturated heterocycles. The van der Waals surface area contributed by atoms with Crippen LogP contribution in [-0.4, -0.2) is 37.7 Å². The zero-order valence-corrected chi connectivity index (χ0v) is 15.7. The van der Waals surface area contributed by atoms with Crippen LogP contribution in [0.3, 0.4) is 0 Å². The highest BCUT2D eigenvalue weighted by Crippen LogP contribution is 2.41. The Balaban J connectivity index is 1.82. The molecule has 1 aliphatic heterocycles. The van der Waals surface area contributed by atoms with Crippen LogP contribution in [0.1, 0.15) is 42.6 Å². The van der Waals surface area contributed by atoms with Crippen LogP contribution in [0.15, 0.2) is 30.3 Å². The molecule has 132 valence electrons. The van der Waals surface area contributed by atoms with E-state index in [1.807, 2.05) is 13.0 Å². The minimum absolute atomic E-state index is 0.0419. The second-order valence-electron chi connectivity index (χ2n) is 7.36. The van der Waals surface area contributed by atoms with Crippen LogP contribution in [-0.2, 0) is 0 Å². The number of thiazole rings is 1. The quantitative estimate of drug-likeness (QED) is 0.774. The fraction of sp³-hybridized carbons (Fsp3) is 0.474. The lowest BCUT2D eigenvalue weighted by Crippen LogP contribution is -2.41. The van der Waals surface area contributed by atoms with Gasteiger partial charge in [-0.1, -0.05) is 55.5 Å². The van der Waals surface area contributed by atoms with Crippen molar-refractivity contribution in [2.75, 3.05) is 13.1 Å². The molecule has 1 N–H and O–H groups in total. The summed E-state index contributed by atoms with van der Waals surface area (Å²) in [5, 5.41) is 15.2. The number of aromatic nitrogens is 3. The van der Waals surface area contributed by atoms with Gasteiger partial charge in [-0.25, -0.2) is 4.98 Å². The Kier molecular flexibility index (Phi) is 4.25. The van der Waals surface area contributed by atoms with Crippen LogP contribution in [0.5, 0.6) is 5.88 Å². The molecule has 3 aromatic rings. The topological polar surface area (TPSA) is 53.7 Å². The minimum atomic E-state index is 0.0419. The first-order chi connectivity index (χ1) is 12.0. The lowest BCUT2D eigenvalue weighted by atomic mass is 9.89. The molecule has 0 spiro atoms. The second-order valence-corrected chi connectivity index (χ2v) is 8.37. The zero-order chi connectivity index (χ0) is 17.6. The molecule has 0 bridgehead atoms. The van der Waals surface area contributed by atoms with E-state index >= 15 is 0 Å². The predicted octanol–water partition coefficient (Wildman–Crippen LogP) is 3.87. The van der Waals surface area contributed by atoms with Gasteiger partial charge >= 0.3 is 0 Å². The molecule has 1 aliphatic rings. The van der Waals surface area contributed by atoms with E-state index in [0.29, 0.717) is 17.7 Å². The molecule has 25 heavy (non-hydrogen) atoms. The van der Waals surface area contributed by atoms with Gasteiger partial charge in [0.2, 0.25) is 10.8 Å². The summed E-state index contributed by atoms with van der Waals surface area (Å²) in [6.07, 6.45) is 1.26. The lowest BCUT2D eigenvalue weighted by Gasteiger charge is -2.40. The second kappa shape index (κ2) is 6.42. The van der Waals surface area contributed by atoms with Crippen molar-refractivity contribution in [3.63, 3.8) is 0 Å². The van der Waals surface area contributed by atoms with Crippen molar-refractivity contribution in [1.82, 2.24) is 19.5 Å². The molecule has 3 heterocycles. The van der Waals surface area contributed by atoms with Crippen LogP contribution in [0.25, 0.3) is 4.96 Å². The van der Waals surface area contributed by atoms with Gasteiger partial charge in [-0.3, -0.25) is 4.90 Å². The van der Waals surface area contributed by atoms with Gasteiger partial charge in [0.15, 0.2) is 0 Å². The van der Waals surface area contributed by atoms with Gasteiger partial charge in [-0.2, -0.15) is 4.52 Å². The van der Waals surface area contributed by atoms with Crippen molar-refractivity contribution >= 4 is 16.3 Å². The van der Waals surface area contributed by atoms with Crippen molar-refractivity contribution in [2.45, 2.75) is 33.2 Å². The number of piperidine rings is 1. The molecule has 2 aromatic heterocycles. The van der Waals surface area contributed by atoms with E-state index in [-0.39, 0.29) is 11.9 Å². The number of benzene rings is 1. The standard InChI is InChI=1S/C19H24N4OS/c1-12-9-13(2)11-22(10-12)16(15-7-5-4-6-8-15)17-18(24)23-19(25-17)20-14(3)21-23/h4-8,12-13,16,24H,9-11H2,1-3H3/t12-,13-,16-/m0/s1. The number of hydrogen-bond acceptors (Lipinski definition) is 5. The van der Waals surface area contributed by atoms with Crippen molar-refractivity contribution in [3.8, 4) is 5.88 Å². The molecule has 0 amide bonds. The summed E-state index contributed by atoms with van der Waals surface area (Å²) in [5.41, 5.74) is 1.21. The molecular weight excluding hydrogens is 332 g/mol. The van der Waals surface area contributed by atoms with Gasteiger partial charge in [-0.15, -0.1) is 5.10 Å². The molecule has 0 radical (unpaired) electrons. The summed E-state index contributed by atoms with van der Waals surface area (Å²) in [5.74, 6) is 2.22. The van der Waals surface area contributed by atoms with E-state index in [9.17, 15) is 5.11 Å². The van der Waals surface area contributed by atoms with Crippen LogP contribution in [0, 0.1) is 18.8 Å². The molecule has 1 aromatic carbocycles. The maximum atomic E-state index is 10.8. The van der Waals surface area contributed by atoms with E-state index in [4.69, 9.17) is 0 Å². The number of aromatic hydroxyl groups is 1. The van der Waals surface area contributed by atoms with E-state index < -0.39 is 0 Å². The first-order valence-corrected chi connectivity index (χ1v) is 9.68. The van der Waals surface area contributed by atoms with Crippen LogP contribution in [0.4, 0.5) is 0 Å². The van der Waals surface area contributed by atoms with E-state index in [1.54, 1.807) is 15.9 Å². The summed E-state index contributed by atoms with van der Waals surface area (Å²) >= 11 is 1.54. The van der Waals surface area contributed by atoms with E-state index in [0.717, 1.165) is 22.9 Å². The molecule has 1 fully saturated rings. The smallest absolute Gasteiger partial charge is 0.230 e. The third-order valence-corrected chi connectivity index (χ3v) is 6.00. The molecule has 3 atom stereocenters. The Morgan fingerprint density at radius 3 is 2.48 bits per heavy atom. The average molecular weight is 356 g/mol. The van der Waals surface area contributed by atoms with Crippen LogP contribution in [0.2, 0.25) is 0 Å². The first-order valence-electron chi connectivity index (χ1n) is 8.87. The van der Waals surface area contributed by atoms with Crippen molar-refractivity contribution < 1.29 is 5.11 Å². The molecule has 6 heteroatoms. The number of fused-ring (bicyclic) bond motifs is 1. The van der Waals surface area contributed by atoms with Gasteiger partial charge in [0.25, 0.3) is 0 Å². The molecule has 4 rings (SSSR count). The Hall–Kier alpha value is -1.92. The normalized spacial score (nSPS) is 23.2. The summed E-state index contributed by atoms with van der Waals surface area (Å²) in [4.78, 5) is 8.63. The highest BCUT2D eigenvalue weighted by atomic mass is 32.1. The highest BCUT2D eigenvalue weighted by Gasteiger charge is 2.33. The number of nitrogens with zero attached hydrogens (tertiary/aromatic N) is 4. The lowest BCUT2D eigenvalue weighted by molar-refractivity contribution is 0.112. The molecule has 0 saturated carbocycles. The van der Waals surface area contributed by atoms with Crippen molar-refractivity contribution in [2.24, 2.45) is 11.8 Å². The summed E-state index contributed by atoms with van der Waals surface area (Å²) in [6.45, 7) is 8.56. The molecular formula is C19H24N4OS. The Bertz CT molecular complexity index is 862. The van der Waals surface area contributed by atoms with Gasteiger partial charge < -0.3 is 5.11 Å². The number of likely N-dealkylation sites (tertiary alicyclic amines) is 1. The van der Waals surface area contributed by atoms with Crippen molar-refractivity contribution in [3.05, 3.63) is 46.6 Å². The molecule has 0 aliphatic carbocycles. The van der Waals surface area contributed by atoms with E-state index in [1.165, 1.54) is 12.0 Å². The SMILES string of the molecule is Cc1nc2sc([C@H](c3ccccc3)N3C[C@@H](C)C[C@H](C)C3)c(O)n2n1. The van der Waals surface area contributed by atoms with Crippen LogP contribution < -0.4 is 0 Å². The van der Waals surface area contributed by atoms with Gasteiger partial charge in [0.1, 0.15) is 5.82 Å². The fourth-order valence-corrected chi connectivity index (χ4v) is 5.27. The van der Waals surface area contributed by atoms with Crippen LogP contribution >= 0.6 is 11.3 Å². The molecule has 0 unspecified atom stereocenters. The summed E-state index contributed by atoms with van der Waals surface area (Å²) in [7, 11) is 0. The average Bonchev–Trinajstić information content (AvgIpc) is 3.06. The van der Waals surface area contributed by atoms with E-state index in [2.05, 4.69) is 53.1 Å². The Morgan fingerprint density at radius 1 is 1.16 bits per heavy atom. The third kappa shape index (κ3) is 3.04. The maximum absolute atomic E-state index is 10.8. The van der Waals surface area contributed by atoms with Gasteiger partial charge in [0.05, 0.1) is 10.9 Å². The summed E-state index contributed by atoms with van der Waals surface area (Å²) < 4.78 is 1.57. The molecule has 5 nitrogen and oxygen atoms in total. The minimum Gasteiger partial charge on any atom is -0.492 e. The number of aryl methyl sites for hydroxylation is 1. The monoisotopic (exact) mass is 356 g/mol. The Labute approximate surface area is 151 Å². The number of hydrogen-bond donors (Lipinski definition) is 1.